The fourth-order valence-corrected chi connectivity index (χ4v) is 3.56. The van der Waals surface area contributed by atoms with Crippen LogP contribution in [0.25, 0.3) is 0 Å². The van der Waals surface area contributed by atoms with Crippen molar-refractivity contribution in [3.63, 3.8) is 0 Å². The van der Waals surface area contributed by atoms with E-state index < -0.39 is 0 Å². The van der Waals surface area contributed by atoms with Gasteiger partial charge in [-0.1, -0.05) is 6.07 Å². The molecule has 0 amide bonds. The van der Waals surface area contributed by atoms with Crippen LogP contribution in [-0.4, -0.2) is 46.0 Å². The molecule has 3 rings (SSSR count). The molecule has 6 nitrogen and oxygen atoms in total. The first-order chi connectivity index (χ1) is 13.6. The normalized spacial score (nSPS) is 11.6. The van der Waals surface area contributed by atoms with Gasteiger partial charge in [-0.25, -0.2) is 0 Å². The Balaban J connectivity index is 0.00000225. The molecule has 0 unspecified atom stereocenters. The Kier molecular flexibility index (Phi) is 11.7. The van der Waals surface area contributed by atoms with Crippen molar-refractivity contribution >= 4 is 40.7 Å². The zero-order valence-electron chi connectivity index (χ0n) is 17.4. The number of hydrogen-bond donors (Lipinski definition) is 1. The molecule has 0 atom stereocenters. The van der Waals surface area contributed by atoms with E-state index in [1.165, 1.54) is 0 Å². The maximum atomic E-state index is 6.03. The highest BCUT2D eigenvalue weighted by atomic mass is 79.9. The summed E-state index contributed by atoms with van der Waals surface area (Å²) in [7, 11) is 5.83. The minimum Gasteiger partial charge on any atom is -0.493 e. The molecule has 0 spiro atoms. The van der Waals surface area contributed by atoms with E-state index in [1.54, 1.807) is 7.11 Å². The number of fused-ring (bicyclic) bond motifs is 1. The lowest BCUT2D eigenvalue weighted by atomic mass is 10.2. The summed E-state index contributed by atoms with van der Waals surface area (Å²) >= 11 is 3.62. The molecule has 168 valence electrons. The predicted octanol–water partition coefficient (Wildman–Crippen LogP) is 4.65. The largest absolute Gasteiger partial charge is 0.493 e. The topological polar surface area (TPSA) is 52.2 Å². The first-order valence-corrected chi connectivity index (χ1v) is 10.1. The highest BCUT2D eigenvalue weighted by molar-refractivity contribution is 9.10. The highest BCUT2D eigenvalue weighted by Crippen LogP contribution is 2.38. The summed E-state index contributed by atoms with van der Waals surface area (Å²) in [6, 6.07) is 9.89. The molecular formula is C21H29BrCl2N2O4. The lowest BCUT2D eigenvalue weighted by Gasteiger charge is -2.15. The molecule has 1 aliphatic rings. The third kappa shape index (κ3) is 7.39. The van der Waals surface area contributed by atoms with Crippen LogP contribution in [0.15, 0.2) is 34.8 Å². The van der Waals surface area contributed by atoms with Gasteiger partial charge in [0.15, 0.2) is 23.0 Å². The van der Waals surface area contributed by atoms with E-state index in [9.17, 15) is 0 Å². The molecule has 1 aliphatic heterocycles. The van der Waals surface area contributed by atoms with E-state index in [4.69, 9.17) is 18.9 Å². The molecular weight excluding hydrogens is 495 g/mol. The van der Waals surface area contributed by atoms with Gasteiger partial charge in [0.25, 0.3) is 0 Å². The molecule has 1 heterocycles. The summed E-state index contributed by atoms with van der Waals surface area (Å²) < 4.78 is 23.2. The average Bonchev–Trinajstić information content (AvgIpc) is 3.14. The van der Waals surface area contributed by atoms with Crippen LogP contribution in [0.3, 0.4) is 0 Å². The van der Waals surface area contributed by atoms with Crippen LogP contribution in [-0.2, 0) is 13.2 Å². The minimum absolute atomic E-state index is 0. The molecule has 2 aromatic rings. The number of nitrogens with zero attached hydrogens (tertiary/aromatic N) is 1. The van der Waals surface area contributed by atoms with Crippen molar-refractivity contribution in [3.8, 4) is 23.0 Å². The minimum atomic E-state index is 0. The SMILES string of the molecule is COc1cc(CNCCCN(C)C)cc(Br)c1OCc1ccc2c(c1)OCO2.Cl.Cl. The van der Waals surface area contributed by atoms with Crippen molar-refractivity contribution < 1.29 is 18.9 Å². The van der Waals surface area contributed by atoms with Crippen LogP contribution in [0.2, 0.25) is 0 Å². The van der Waals surface area contributed by atoms with Gasteiger partial charge in [0.2, 0.25) is 6.79 Å². The zero-order valence-corrected chi connectivity index (χ0v) is 20.6. The third-order valence-electron chi connectivity index (χ3n) is 4.40. The van der Waals surface area contributed by atoms with Gasteiger partial charge in [-0.05, 0) is 84.9 Å². The third-order valence-corrected chi connectivity index (χ3v) is 4.99. The van der Waals surface area contributed by atoms with Crippen LogP contribution in [0.1, 0.15) is 17.5 Å². The average molecular weight is 524 g/mol. The molecule has 0 aromatic heterocycles. The smallest absolute Gasteiger partial charge is 0.231 e. The summed E-state index contributed by atoms with van der Waals surface area (Å²) in [5, 5.41) is 3.47. The van der Waals surface area contributed by atoms with E-state index in [2.05, 4.69) is 46.3 Å². The monoisotopic (exact) mass is 522 g/mol. The second-order valence-electron chi connectivity index (χ2n) is 6.92. The quantitative estimate of drug-likeness (QED) is 0.457. The molecule has 0 saturated heterocycles. The Morgan fingerprint density at radius 3 is 2.57 bits per heavy atom. The van der Waals surface area contributed by atoms with Gasteiger partial charge in [-0.2, -0.15) is 0 Å². The number of hydrogen-bond acceptors (Lipinski definition) is 6. The number of ether oxygens (including phenoxy) is 4. The van der Waals surface area contributed by atoms with Gasteiger partial charge in [-0.3, -0.25) is 0 Å². The first-order valence-electron chi connectivity index (χ1n) is 9.30. The predicted molar refractivity (Wildman–Crippen MR) is 127 cm³/mol. The van der Waals surface area contributed by atoms with Crippen molar-refractivity contribution in [2.45, 2.75) is 19.6 Å². The number of rotatable bonds is 10. The summed E-state index contributed by atoms with van der Waals surface area (Å²) in [6.07, 6.45) is 1.11. The molecule has 0 fully saturated rings. The lowest BCUT2D eigenvalue weighted by Crippen LogP contribution is -2.21. The van der Waals surface area contributed by atoms with Gasteiger partial charge in [-0.15, -0.1) is 24.8 Å². The Morgan fingerprint density at radius 2 is 1.83 bits per heavy atom. The van der Waals surface area contributed by atoms with Gasteiger partial charge in [0, 0.05) is 6.54 Å². The molecule has 2 aromatic carbocycles. The lowest BCUT2D eigenvalue weighted by molar-refractivity contribution is 0.174. The maximum Gasteiger partial charge on any atom is 0.231 e. The number of nitrogens with one attached hydrogen (secondary N) is 1. The standard InChI is InChI=1S/C21H27BrN2O4.2ClH/c1-24(2)8-4-7-23-12-16-9-17(22)21(20(11-16)25-3)26-13-15-5-6-18-19(10-15)28-14-27-18;;/h5-6,9-11,23H,4,7-8,12-14H2,1-3H3;2*1H. The molecule has 1 N–H and O–H groups in total. The molecule has 0 radical (unpaired) electrons. The number of halogens is 3. The highest BCUT2D eigenvalue weighted by Gasteiger charge is 2.15. The molecule has 0 bridgehead atoms. The molecule has 0 saturated carbocycles. The van der Waals surface area contributed by atoms with Gasteiger partial charge in [0.1, 0.15) is 6.61 Å². The second-order valence-corrected chi connectivity index (χ2v) is 7.77. The molecule has 9 heteroatoms. The van der Waals surface area contributed by atoms with Gasteiger partial charge in [0.05, 0.1) is 11.6 Å². The summed E-state index contributed by atoms with van der Waals surface area (Å²) in [5.41, 5.74) is 2.15. The number of benzene rings is 2. The molecule has 0 aliphatic carbocycles. The van der Waals surface area contributed by atoms with E-state index >= 15 is 0 Å². The van der Waals surface area contributed by atoms with Crippen molar-refractivity contribution in [2.75, 3.05) is 41.1 Å². The fourth-order valence-electron chi connectivity index (χ4n) is 2.95. The van der Waals surface area contributed by atoms with Gasteiger partial charge < -0.3 is 29.2 Å². The van der Waals surface area contributed by atoms with Crippen LogP contribution in [0.5, 0.6) is 23.0 Å². The summed E-state index contributed by atoms with van der Waals surface area (Å²) in [6.45, 7) is 3.51. The fraction of sp³-hybridized carbons (Fsp3) is 0.429. The van der Waals surface area contributed by atoms with Crippen molar-refractivity contribution in [1.29, 1.82) is 0 Å². The Bertz CT molecular complexity index is 809. The number of methoxy groups -OCH3 is 1. The van der Waals surface area contributed by atoms with Crippen LogP contribution in [0, 0.1) is 0 Å². The van der Waals surface area contributed by atoms with Crippen molar-refractivity contribution in [2.24, 2.45) is 0 Å². The van der Waals surface area contributed by atoms with E-state index in [1.807, 2.05) is 24.3 Å². The van der Waals surface area contributed by atoms with E-state index in [0.717, 1.165) is 53.2 Å². The van der Waals surface area contributed by atoms with Crippen LogP contribution < -0.4 is 24.3 Å². The zero-order chi connectivity index (χ0) is 19.9. The van der Waals surface area contributed by atoms with Crippen LogP contribution >= 0.6 is 40.7 Å². The summed E-state index contributed by atoms with van der Waals surface area (Å²) in [5.74, 6) is 2.92. The van der Waals surface area contributed by atoms with Crippen molar-refractivity contribution in [3.05, 3.63) is 45.9 Å². The second kappa shape index (κ2) is 13.1. The Morgan fingerprint density at radius 1 is 1.07 bits per heavy atom. The van der Waals surface area contributed by atoms with Crippen molar-refractivity contribution in [1.82, 2.24) is 10.2 Å². The summed E-state index contributed by atoms with van der Waals surface area (Å²) in [4.78, 5) is 2.19. The maximum absolute atomic E-state index is 6.03. The van der Waals surface area contributed by atoms with Gasteiger partial charge >= 0.3 is 0 Å². The molecule has 30 heavy (non-hydrogen) atoms. The van der Waals surface area contributed by atoms with E-state index in [0.29, 0.717) is 18.1 Å². The van der Waals surface area contributed by atoms with Crippen LogP contribution in [0.4, 0.5) is 0 Å². The van der Waals surface area contributed by atoms with E-state index in [-0.39, 0.29) is 31.6 Å². The Hall–Kier alpha value is -1.38. The Labute approximate surface area is 199 Å². The first kappa shape index (κ1) is 26.7.